The van der Waals surface area contributed by atoms with Gasteiger partial charge in [-0.15, -0.1) is 0 Å². The third-order valence-corrected chi connectivity index (χ3v) is 2.60. The number of halogens is 2. The lowest BCUT2D eigenvalue weighted by Crippen LogP contribution is -2.17. The van der Waals surface area contributed by atoms with Crippen LogP contribution in [-0.2, 0) is 16.0 Å². The highest BCUT2D eigenvalue weighted by atomic mass is 35.5. The maximum atomic E-state index is 13.7. The summed E-state index contributed by atoms with van der Waals surface area (Å²) in [6.07, 6.45) is -1.01. The predicted molar refractivity (Wildman–Crippen MR) is 62.4 cm³/mol. The minimum Gasteiger partial charge on any atom is -0.464 e. The van der Waals surface area contributed by atoms with Crippen molar-refractivity contribution >= 4 is 17.6 Å². The van der Waals surface area contributed by atoms with Crippen molar-refractivity contribution < 1.29 is 19.0 Å². The van der Waals surface area contributed by atoms with Crippen LogP contribution < -0.4 is 0 Å². The van der Waals surface area contributed by atoms with E-state index in [1.165, 1.54) is 12.1 Å². The Morgan fingerprint density at radius 1 is 1.53 bits per heavy atom. The lowest BCUT2D eigenvalue weighted by molar-refractivity contribution is -0.153. The first-order valence-corrected chi connectivity index (χ1v) is 5.71. The largest absolute Gasteiger partial charge is 0.464 e. The summed E-state index contributed by atoms with van der Waals surface area (Å²) in [7, 11) is 0. The molecular weight excluding hydrogens is 247 g/mol. The number of carbonyl (C=O) groups is 1. The van der Waals surface area contributed by atoms with Gasteiger partial charge in [0.15, 0.2) is 6.10 Å². The number of benzene rings is 1. The average Bonchev–Trinajstić information content (AvgIpc) is 2.31. The van der Waals surface area contributed by atoms with Crippen LogP contribution in [0.15, 0.2) is 12.1 Å². The van der Waals surface area contributed by atoms with Gasteiger partial charge in [0.25, 0.3) is 0 Å². The van der Waals surface area contributed by atoms with Gasteiger partial charge in [-0.05, 0) is 31.0 Å². The second-order valence-electron chi connectivity index (χ2n) is 3.49. The van der Waals surface area contributed by atoms with Gasteiger partial charge in [-0.3, -0.25) is 0 Å². The van der Waals surface area contributed by atoms with Crippen LogP contribution in [0.5, 0.6) is 0 Å². The zero-order chi connectivity index (χ0) is 13.0. The SMILES string of the molecule is CCOC(=O)C(O)c1cc(CC)cc(Cl)c1F. The Morgan fingerprint density at radius 3 is 2.71 bits per heavy atom. The number of ether oxygens (including phenoxy) is 1. The number of hydrogen-bond acceptors (Lipinski definition) is 3. The molecule has 0 bridgehead atoms. The quantitative estimate of drug-likeness (QED) is 0.847. The van der Waals surface area contributed by atoms with Crippen molar-refractivity contribution in [3.63, 3.8) is 0 Å². The maximum Gasteiger partial charge on any atom is 0.339 e. The lowest BCUT2D eigenvalue weighted by Gasteiger charge is -2.13. The van der Waals surface area contributed by atoms with E-state index in [9.17, 15) is 14.3 Å². The molecule has 0 heterocycles. The Balaban J connectivity index is 3.11. The van der Waals surface area contributed by atoms with E-state index >= 15 is 0 Å². The molecule has 0 saturated heterocycles. The van der Waals surface area contributed by atoms with Crippen molar-refractivity contribution in [3.05, 3.63) is 34.1 Å². The van der Waals surface area contributed by atoms with Crippen LogP contribution >= 0.6 is 11.6 Å². The van der Waals surface area contributed by atoms with Crippen molar-refractivity contribution in [2.45, 2.75) is 26.4 Å². The zero-order valence-electron chi connectivity index (χ0n) is 9.67. The molecule has 5 heteroatoms. The minimum atomic E-state index is -1.64. The second kappa shape index (κ2) is 5.98. The van der Waals surface area contributed by atoms with Crippen LogP contribution in [-0.4, -0.2) is 17.7 Å². The highest BCUT2D eigenvalue weighted by Crippen LogP contribution is 2.26. The molecule has 0 aliphatic carbocycles. The fraction of sp³-hybridized carbons (Fsp3) is 0.417. The topological polar surface area (TPSA) is 46.5 Å². The number of esters is 1. The van der Waals surface area contributed by atoms with Gasteiger partial charge >= 0.3 is 5.97 Å². The summed E-state index contributed by atoms with van der Waals surface area (Å²) in [6.45, 7) is 3.60. The van der Waals surface area contributed by atoms with Gasteiger partial charge < -0.3 is 9.84 Å². The average molecular weight is 261 g/mol. The molecule has 1 atom stereocenters. The molecule has 0 fully saturated rings. The smallest absolute Gasteiger partial charge is 0.339 e. The van der Waals surface area contributed by atoms with Gasteiger partial charge in [0.2, 0.25) is 0 Å². The van der Waals surface area contributed by atoms with Crippen molar-refractivity contribution in [1.29, 1.82) is 0 Å². The highest BCUT2D eigenvalue weighted by molar-refractivity contribution is 6.30. The molecule has 1 rings (SSSR count). The summed E-state index contributed by atoms with van der Waals surface area (Å²) in [5, 5.41) is 9.56. The van der Waals surface area contributed by atoms with Gasteiger partial charge in [0.05, 0.1) is 11.6 Å². The first-order chi connectivity index (χ1) is 8.01. The molecule has 0 saturated carbocycles. The van der Waals surface area contributed by atoms with E-state index in [0.717, 1.165) is 5.56 Å². The molecule has 3 nitrogen and oxygen atoms in total. The molecule has 0 amide bonds. The number of aliphatic hydroxyl groups excluding tert-OH is 1. The third-order valence-electron chi connectivity index (χ3n) is 2.33. The van der Waals surface area contributed by atoms with Gasteiger partial charge in [0, 0.05) is 5.56 Å². The van der Waals surface area contributed by atoms with E-state index < -0.39 is 17.9 Å². The van der Waals surface area contributed by atoms with E-state index in [0.29, 0.717) is 6.42 Å². The molecule has 0 aliphatic rings. The Labute approximate surface area is 104 Å². The van der Waals surface area contributed by atoms with E-state index in [1.54, 1.807) is 6.92 Å². The van der Waals surface area contributed by atoms with Crippen LogP contribution in [0.1, 0.15) is 31.1 Å². The van der Waals surface area contributed by atoms with Gasteiger partial charge in [-0.1, -0.05) is 18.5 Å². The molecule has 1 unspecified atom stereocenters. The van der Waals surface area contributed by atoms with Crippen molar-refractivity contribution in [2.75, 3.05) is 6.61 Å². The monoisotopic (exact) mass is 260 g/mol. The molecule has 17 heavy (non-hydrogen) atoms. The Kier molecular flexibility index (Phi) is 4.90. The predicted octanol–water partition coefficient (Wildman–Crippen LogP) is 2.64. The molecule has 0 spiro atoms. The van der Waals surface area contributed by atoms with Crippen molar-refractivity contribution in [1.82, 2.24) is 0 Å². The van der Waals surface area contributed by atoms with Crippen molar-refractivity contribution in [3.8, 4) is 0 Å². The first kappa shape index (κ1) is 13.9. The molecule has 0 aromatic heterocycles. The Morgan fingerprint density at radius 2 is 2.18 bits per heavy atom. The highest BCUT2D eigenvalue weighted by Gasteiger charge is 2.24. The molecule has 1 aromatic rings. The van der Waals surface area contributed by atoms with Crippen molar-refractivity contribution in [2.24, 2.45) is 0 Å². The molecule has 0 radical (unpaired) electrons. The maximum absolute atomic E-state index is 13.7. The molecule has 1 aromatic carbocycles. The Bertz CT molecular complexity index is 420. The normalized spacial score (nSPS) is 12.3. The standard InChI is InChI=1S/C12H14ClFO3/c1-3-7-5-8(10(14)9(13)6-7)11(15)12(16)17-4-2/h5-6,11,15H,3-4H2,1-2H3. The second-order valence-corrected chi connectivity index (χ2v) is 3.90. The zero-order valence-corrected chi connectivity index (χ0v) is 10.4. The molecular formula is C12H14ClFO3. The summed E-state index contributed by atoms with van der Waals surface area (Å²) >= 11 is 5.69. The fourth-order valence-corrected chi connectivity index (χ4v) is 1.67. The number of carbonyl (C=O) groups excluding carboxylic acids is 1. The van der Waals surface area contributed by atoms with E-state index in [2.05, 4.69) is 4.74 Å². The van der Waals surface area contributed by atoms with Crippen LogP contribution in [0.3, 0.4) is 0 Å². The number of hydrogen-bond donors (Lipinski definition) is 1. The summed E-state index contributed by atoms with van der Waals surface area (Å²) in [6, 6.07) is 2.89. The van der Waals surface area contributed by atoms with Crippen LogP contribution in [0.25, 0.3) is 0 Å². The third kappa shape index (κ3) is 3.17. The molecule has 94 valence electrons. The Hall–Kier alpha value is -1.13. The molecule has 1 N–H and O–H groups in total. The van der Waals surface area contributed by atoms with E-state index in [4.69, 9.17) is 11.6 Å². The summed E-state index contributed by atoms with van der Waals surface area (Å²) in [5.74, 6) is -1.67. The van der Waals surface area contributed by atoms with Gasteiger partial charge in [-0.2, -0.15) is 0 Å². The van der Waals surface area contributed by atoms with E-state index in [1.807, 2.05) is 6.92 Å². The van der Waals surface area contributed by atoms with E-state index in [-0.39, 0.29) is 17.2 Å². The van der Waals surface area contributed by atoms with Crippen LogP contribution in [0.4, 0.5) is 4.39 Å². The van der Waals surface area contributed by atoms with Crippen LogP contribution in [0.2, 0.25) is 5.02 Å². The number of rotatable bonds is 4. The fourth-order valence-electron chi connectivity index (χ4n) is 1.42. The summed E-state index contributed by atoms with van der Waals surface area (Å²) in [4.78, 5) is 11.3. The first-order valence-electron chi connectivity index (χ1n) is 5.33. The minimum absolute atomic E-state index is 0.109. The van der Waals surface area contributed by atoms with Gasteiger partial charge in [-0.25, -0.2) is 9.18 Å². The molecule has 0 aliphatic heterocycles. The van der Waals surface area contributed by atoms with Gasteiger partial charge in [0.1, 0.15) is 5.82 Å². The number of aliphatic hydroxyl groups is 1. The lowest BCUT2D eigenvalue weighted by atomic mass is 10.0. The number of aryl methyl sites for hydroxylation is 1. The summed E-state index contributed by atoms with van der Waals surface area (Å²) < 4.78 is 18.3. The summed E-state index contributed by atoms with van der Waals surface area (Å²) in [5.41, 5.74) is 0.600. The van der Waals surface area contributed by atoms with Crippen LogP contribution in [0, 0.1) is 5.82 Å².